The van der Waals surface area contributed by atoms with E-state index in [4.69, 9.17) is 32.7 Å². The maximum Gasteiger partial charge on any atom is 0.180 e. The van der Waals surface area contributed by atoms with Gasteiger partial charge < -0.3 is 19.7 Å². The van der Waals surface area contributed by atoms with Gasteiger partial charge in [-0.3, -0.25) is 0 Å². The summed E-state index contributed by atoms with van der Waals surface area (Å²) in [5.74, 6) is 0.563. The van der Waals surface area contributed by atoms with Gasteiger partial charge in [0.05, 0.1) is 22.8 Å². The van der Waals surface area contributed by atoms with Crippen molar-refractivity contribution in [3.05, 3.63) is 81.6 Å². The van der Waals surface area contributed by atoms with E-state index in [1.165, 1.54) is 25.3 Å². The number of rotatable bonds is 8. The van der Waals surface area contributed by atoms with E-state index >= 15 is 0 Å². The number of piperidine rings is 1. The van der Waals surface area contributed by atoms with Gasteiger partial charge in [0.2, 0.25) is 0 Å². The van der Waals surface area contributed by atoms with Crippen LogP contribution in [0.3, 0.4) is 0 Å². The molecule has 0 atom stereocenters. The van der Waals surface area contributed by atoms with Crippen LogP contribution in [0.25, 0.3) is 0 Å². The molecule has 0 unspecified atom stereocenters. The molecule has 0 spiro atoms. The van der Waals surface area contributed by atoms with Crippen LogP contribution in [0.5, 0.6) is 11.5 Å². The summed E-state index contributed by atoms with van der Waals surface area (Å²) in [7, 11) is 1.55. The fourth-order valence-corrected chi connectivity index (χ4v) is 4.58. The second-order valence-electron chi connectivity index (χ2n) is 8.06. The highest BCUT2D eigenvalue weighted by Gasteiger charge is 2.15. The average molecular weight is 489 g/mol. The number of nitrogens with zero attached hydrogens (tertiary/aromatic N) is 1. The van der Waals surface area contributed by atoms with Crippen LogP contribution < -0.4 is 19.7 Å². The first-order valence-corrected chi connectivity index (χ1v) is 11.8. The van der Waals surface area contributed by atoms with E-state index in [0.29, 0.717) is 28.6 Å². The lowest BCUT2D eigenvalue weighted by molar-refractivity contribution is 0.280. The number of benzene rings is 3. The molecule has 33 heavy (non-hydrogen) atoms. The molecule has 1 aliphatic heterocycles. The van der Waals surface area contributed by atoms with Crippen molar-refractivity contribution in [1.82, 2.24) is 0 Å². The maximum atomic E-state index is 13.9. The van der Waals surface area contributed by atoms with Crippen molar-refractivity contribution in [2.45, 2.75) is 32.4 Å². The van der Waals surface area contributed by atoms with Gasteiger partial charge in [-0.15, -0.1) is 0 Å². The third kappa shape index (κ3) is 5.84. The van der Waals surface area contributed by atoms with E-state index in [1.54, 1.807) is 25.3 Å². The molecule has 1 fully saturated rings. The van der Waals surface area contributed by atoms with Gasteiger partial charge in [-0.25, -0.2) is 4.39 Å². The van der Waals surface area contributed by atoms with Crippen molar-refractivity contribution in [1.29, 1.82) is 0 Å². The Labute approximate surface area is 204 Å². The fourth-order valence-electron chi connectivity index (χ4n) is 3.99. The Hall–Kier alpha value is -2.63. The predicted octanol–water partition coefficient (Wildman–Crippen LogP) is 7.32. The second-order valence-corrected chi connectivity index (χ2v) is 8.87. The quantitative estimate of drug-likeness (QED) is 0.360. The Morgan fingerprint density at radius 1 is 0.970 bits per heavy atom. The molecular formula is C26H27Cl2FN2O2. The number of ether oxygens (including phenoxy) is 2. The largest absolute Gasteiger partial charge is 0.493 e. The second kappa shape index (κ2) is 11.0. The van der Waals surface area contributed by atoms with Crippen LogP contribution in [-0.4, -0.2) is 20.2 Å². The Balaban J connectivity index is 1.42. The number of anilines is 2. The van der Waals surface area contributed by atoms with Crippen molar-refractivity contribution in [3.63, 3.8) is 0 Å². The Kier molecular flexibility index (Phi) is 7.84. The van der Waals surface area contributed by atoms with Gasteiger partial charge in [0.15, 0.2) is 11.5 Å². The highest BCUT2D eigenvalue weighted by Crippen LogP contribution is 2.37. The monoisotopic (exact) mass is 488 g/mol. The van der Waals surface area contributed by atoms with Gasteiger partial charge in [-0.1, -0.05) is 41.4 Å². The fraction of sp³-hybridized carbons (Fsp3) is 0.308. The zero-order chi connectivity index (χ0) is 23.2. The molecule has 0 aromatic heterocycles. The number of hydrogen-bond acceptors (Lipinski definition) is 4. The minimum atomic E-state index is -0.321. The van der Waals surface area contributed by atoms with E-state index in [2.05, 4.69) is 16.3 Å². The first-order chi connectivity index (χ1) is 16.0. The van der Waals surface area contributed by atoms with Crippen LogP contribution in [0, 0.1) is 5.82 Å². The molecule has 4 nitrogen and oxygen atoms in total. The van der Waals surface area contributed by atoms with E-state index in [0.717, 1.165) is 35.1 Å². The summed E-state index contributed by atoms with van der Waals surface area (Å²) < 4.78 is 25.2. The van der Waals surface area contributed by atoms with Crippen molar-refractivity contribution < 1.29 is 13.9 Å². The van der Waals surface area contributed by atoms with Gasteiger partial charge in [-0.2, -0.15) is 0 Å². The van der Waals surface area contributed by atoms with Gasteiger partial charge in [0, 0.05) is 30.9 Å². The third-order valence-electron chi connectivity index (χ3n) is 5.76. The zero-order valence-corrected chi connectivity index (χ0v) is 20.1. The minimum absolute atomic E-state index is 0.0578. The molecule has 0 radical (unpaired) electrons. The molecule has 3 aromatic carbocycles. The van der Waals surface area contributed by atoms with E-state index in [1.807, 2.05) is 24.3 Å². The highest BCUT2D eigenvalue weighted by atomic mass is 35.5. The molecular weight excluding hydrogens is 462 g/mol. The Morgan fingerprint density at radius 3 is 2.48 bits per heavy atom. The van der Waals surface area contributed by atoms with Crippen molar-refractivity contribution in [3.8, 4) is 11.5 Å². The lowest BCUT2D eigenvalue weighted by Gasteiger charge is -2.29. The molecule has 1 heterocycles. The summed E-state index contributed by atoms with van der Waals surface area (Å²) in [6, 6.07) is 16.2. The molecule has 1 aliphatic rings. The topological polar surface area (TPSA) is 33.7 Å². The number of methoxy groups -OCH3 is 1. The van der Waals surface area contributed by atoms with E-state index in [-0.39, 0.29) is 12.4 Å². The summed E-state index contributed by atoms with van der Waals surface area (Å²) in [6.45, 7) is 2.69. The Morgan fingerprint density at radius 2 is 1.76 bits per heavy atom. The van der Waals surface area contributed by atoms with Gasteiger partial charge in [-0.05, 0) is 61.2 Å². The molecule has 0 bridgehead atoms. The Bertz CT molecular complexity index is 1100. The third-order valence-corrected chi connectivity index (χ3v) is 6.34. The molecule has 0 saturated carbocycles. The lowest BCUT2D eigenvalue weighted by Crippen LogP contribution is -2.29. The zero-order valence-electron chi connectivity index (χ0n) is 18.5. The number of hydrogen-bond donors (Lipinski definition) is 1. The summed E-state index contributed by atoms with van der Waals surface area (Å²) in [6.07, 6.45) is 3.70. The average Bonchev–Trinajstić information content (AvgIpc) is 2.83. The maximum absolute atomic E-state index is 13.9. The van der Waals surface area contributed by atoms with E-state index < -0.39 is 0 Å². The predicted molar refractivity (Wildman–Crippen MR) is 134 cm³/mol. The van der Waals surface area contributed by atoms with Gasteiger partial charge in [0.25, 0.3) is 0 Å². The summed E-state index contributed by atoms with van der Waals surface area (Å²) in [4.78, 5) is 2.35. The molecule has 174 valence electrons. The lowest BCUT2D eigenvalue weighted by atomic mass is 10.1. The SMILES string of the molecule is COc1cc(CNc2ccc(N3CCCCC3)c(Cl)c2)cc(Cl)c1OCc1ccccc1F. The summed E-state index contributed by atoms with van der Waals surface area (Å²) in [5.41, 5.74) is 3.39. The van der Waals surface area contributed by atoms with E-state index in [9.17, 15) is 4.39 Å². The van der Waals surface area contributed by atoms with Gasteiger partial charge >= 0.3 is 0 Å². The van der Waals surface area contributed by atoms with Crippen molar-refractivity contribution >= 4 is 34.6 Å². The molecule has 1 saturated heterocycles. The van der Waals surface area contributed by atoms with Crippen LogP contribution in [-0.2, 0) is 13.2 Å². The first-order valence-electron chi connectivity index (χ1n) is 11.1. The van der Waals surface area contributed by atoms with Gasteiger partial charge in [0.1, 0.15) is 12.4 Å². The molecule has 0 aliphatic carbocycles. The number of nitrogens with one attached hydrogen (secondary N) is 1. The van der Waals surface area contributed by atoms with Crippen LogP contribution in [0.4, 0.5) is 15.8 Å². The molecule has 3 aromatic rings. The van der Waals surface area contributed by atoms with Crippen molar-refractivity contribution in [2.24, 2.45) is 0 Å². The normalized spacial score (nSPS) is 13.6. The van der Waals surface area contributed by atoms with Crippen LogP contribution >= 0.6 is 23.2 Å². The standard InChI is InChI=1S/C26H27Cl2FN2O2/c1-32-25-14-18(13-22(28)26(25)33-17-19-7-3-4-8-23(19)29)16-30-20-9-10-24(21(27)15-20)31-11-5-2-6-12-31/h3-4,7-10,13-15,30H,2,5-6,11-12,16-17H2,1H3. The molecule has 4 rings (SSSR count). The smallest absolute Gasteiger partial charge is 0.180 e. The van der Waals surface area contributed by atoms with Crippen LogP contribution in [0.1, 0.15) is 30.4 Å². The summed E-state index contributed by atoms with van der Waals surface area (Å²) >= 11 is 13.0. The molecule has 0 amide bonds. The minimum Gasteiger partial charge on any atom is -0.493 e. The first kappa shape index (κ1) is 23.5. The highest BCUT2D eigenvalue weighted by molar-refractivity contribution is 6.33. The van der Waals surface area contributed by atoms with Crippen LogP contribution in [0.2, 0.25) is 10.0 Å². The molecule has 7 heteroatoms. The summed E-state index contributed by atoms with van der Waals surface area (Å²) in [5, 5.41) is 4.54. The van der Waals surface area contributed by atoms with Crippen molar-refractivity contribution in [2.75, 3.05) is 30.4 Å². The number of halogens is 3. The van der Waals surface area contributed by atoms with Crippen LogP contribution in [0.15, 0.2) is 54.6 Å². The molecule has 1 N–H and O–H groups in total.